The van der Waals surface area contributed by atoms with Gasteiger partial charge in [-0.2, -0.15) is 0 Å². The maximum atomic E-state index is 11.1. The van der Waals surface area contributed by atoms with Crippen molar-refractivity contribution in [2.24, 2.45) is 4.99 Å². The number of nitrogens with zero attached hydrogens (tertiary/aromatic N) is 1. The van der Waals surface area contributed by atoms with Crippen molar-refractivity contribution >= 4 is 12.0 Å². The van der Waals surface area contributed by atoms with E-state index in [1.807, 2.05) is 48.5 Å². The first kappa shape index (κ1) is 9.04. The Bertz CT molecular complexity index is 672. The molecule has 16 heavy (non-hydrogen) atoms. The van der Waals surface area contributed by atoms with Gasteiger partial charge in [0.2, 0.25) is 0 Å². The minimum absolute atomic E-state index is 0.166. The fraction of sp³-hybridized carbons (Fsp3) is 0. The Morgan fingerprint density at radius 1 is 0.875 bits per heavy atom. The summed E-state index contributed by atoms with van der Waals surface area (Å²) in [4.78, 5) is 15.1. The number of carbonyl (C=O) groups is 1. The van der Waals surface area contributed by atoms with Crippen molar-refractivity contribution in [2.45, 2.75) is 0 Å². The van der Waals surface area contributed by atoms with Crippen LogP contribution in [0.15, 0.2) is 53.5 Å². The zero-order valence-corrected chi connectivity index (χ0v) is 8.55. The van der Waals surface area contributed by atoms with Crippen molar-refractivity contribution in [3.63, 3.8) is 0 Å². The summed E-state index contributed by atoms with van der Waals surface area (Å²) in [6.45, 7) is 0. The van der Waals surface area contributed by atoms with Crippen LogP contribution in [0.25, 0.3) is 17.2 Å². The van der Waals surface area contributed by atoms with Gasteiger partial charge in [0.1, 0.15) is 0 Å². The fourth-order valence-corrected chi connectivity index (χ4v) is 1.86. The molecule has 0 atom stereocenters. The Hall–Kier alpha value is -2.22. The molecule has 1 amide bonds. The van der Waals surface area contributed by atoms with E-state index < -0.39 is 0 Å². The third-order valence-corrected chi connectivity index (χ3v) is 2.65. The molecule has 0 bridgehead atoms. The molecule has 0 saturated heterocycles. The Balaban J connectivity index is 2.21. The highest BCUT2D eigenvalue weighted by Gasteiger charge is 2.04. The van der Waals surface area contributed by atoms with Crippen LogP contribution in [0.4, 0.5) is 0 Å². The Labute approximate surface area is 92.6 Å². The van der Waals surface area contributed by atoms with Crippen LogP contribution in [0.1, 0.15) is 0 Å². The molecule has 1 heterocycles. The highest BCUT2D eigenvalue weighted by atomic mass is 16.1. The summed E-state index contributed by atoms with van der Waals surface area (Å²) in [5, 5.41) is 1.68. The van der Waals surface area contributed by atoms with Gasteiger partial charge in [0.25, 0.3) is 5.91 Å². The maximum Gasteiger partial charge on any atom is 0.270 e. The average Bonchev–Trinajstić information content (AvgIpc) is 2.69. The van der Waals surface area contributed by atoms with Gasteiger partial charge < -0.3 is 0 Å². The molecule has 0 aliphatic carbocycles. The fourth-order valence-electron chi connectivity index (χ4n) is 1.86. The minimum atomic E-state index is -0.166. The zero-order chi connectivity index (χ0) is 11.0. The molecule has 2 heteroatoms. The average molecular weight is 207 g/mol. The minimum Gasteiger partial charge on any atom is -0.267 e. The van der Waals surface area contributed by atoms with Crippen LogP contribution in [0, 0.1) is 0 Å². The molecule has 2 aromatic rings. The number of fused-ring (bicyclic) bond motifs is 1. The van der Waals surface area contributed by atoms with Crippen LogP contribution in [0.3, 0.4) is 0 Å². The molecule has 2 aromatic carbocycles. The van der Waals surface area contributed by atoms with Crippen molar-refractivity contribution in [3.05, 3.63) is 59.1 Å². The first-order chi connectivity index (χ1) is 7.83. The largest absolute Gasteiger partial charge is 0.270 e. The second-order valence-corrected chi connectivity index (χ2v) is 3.73. The van der Waals surface area contributed by atoms with Crippen LogP contribution < -0.4 is 10.6 Å². The summed E-state index contributed by atoms with van der Waals surface area (Å²) in [6.07, 6.45) is 1.56. The van der Waals surface area contributed by atoms with Gasteiger partial charge in [-0.15, -0.1) is 0 Å². The normalized spacial score (nSPS) is 12.9. The number of carbonyl (C=O) groups excluding carboxylic acids is 1. The van der Waals surface area contributed by atoms with Gasteiger partial charge in [0.15, 0.2) is 0 Å². The van der Waals surface area contributed by atoms with Crippen molar-refractivity contribution < 1.29 is 4.79 Å². The monoisotopic (exact) mass is 207 g/mol. The highest BCUT2D eigenvalue weighted by molar-refractivity contribution is 6.06. The Morgan fingerprint density at radius 3 is 2.50 bits per heavy atom. The molecule has 0 spiro atoms. The van der Waals surface area contributed by atoms with E-state index in [0.717, 1.165) is 21.7 Å². The van der Waals surface area contributed by atoms with Crippen molar-refractivity contribution in [3.8, 4) is 11.1 Å². The predicted octanol–water partition coefficient (Wildman–Crippen LogP) is 1.29. The summed E-state index contributed by atoms with van der Waals surface area (Å²) >= 11 is 0. The topological polar surface area (TPSA) is 29.4 Å². The van der Waals surface area contributed by atoms with Crippen molar-refractivity contribution in [1.29, 1.82) is 0 Å². The lowest BCUT2D eigenvalue weighted by Crippen LogP contribution is -2.20. The number of hydrogen-bond acceptors (Lipinski definition) is 1. The van der Waals surface area contributed by atoms with E-state index in [1.165, 1.54) is 0 Å². The summed E-state index contributed by atoms with van der Waals surface area (Å²) in [6, 6.07) is 16.0. The molecule has 0 saturated carbocycles. The van der Waals surface area contributed by atoms with E-state index in [-0.39, 0.29) is 5.91 Å². The van der Waals surface area contributed by atoms with Crippen LogP contribution >= 0.6 is 0 Å². The lowest BCUT2D eigenvalue weighted by atomic mass is 10.1. The van der Waals surface area contributed by atoms with E-state index in [2.05, 4.69) is 4.99 Å². The quantitative estimate of drug-likeness (QED) is 0.693. The molecule has 2 nitrogen and oxygen atoms in total. The third kappa shape index (κ3) is 1.44. The van der Waals surface area contributed by atoms with E-state index in [0.29, 0.717) is 0 Å². The predicted molar refractivity (Wildman–Crippen MR) is 62.1 cm³/mol. The van der Waals surface area contributed by atoms with Crippen molar-refractivity contribution in [1.82, 2.24) is 0 Å². The highest BCUT2D eigenvalue weighted by Crippen LogP contribution is 2.15. The van der Waals surface area contributed by atoms with Crippen LogP contribution in [-0.4, -0.2) is 5.91 Å². The first-order valence-electron chi connectivity index (χ1n) is 5.13. The number of amides is 1. The first-order valence-corrected chi connectivity index (χ1v) is 5.13. The van der Waals surface area contributed by atoms with E-state index >= 15 is 0 Å². The Kier molecular flexibility index (Phi) is 1.93. The maximum absolute atomic E-state index is 11.1. The van der Waals surface area contributed by atoms with Crippen LogP contribution in [-0.2, 0) is 4.79 Å². The molecule has 1 aliphatic heterocycles. The van der Waals surface area contributed by atoms with Gasteiger partial charge in [-0.05, 0) is 17.2 Å². The molecule has 76 valence electrons. The molecule has 1 aliphatic rings. The van der Waals surface area contributed by atoms with E-state index in [9.17, 15) is 4.79 Å². The Morgan fingerprint density at radius 2 is 1.69 bits per heavy atom. The van der Waals surface area contributed by atoms with E-state index in [1.54, 1.807) is 6.08 Å². The number of rotatable bonds is 1. The molecule has 0 aromatic heterocycles. The second-order valence-electron chi connectivity index (χ2n) is 3.73. The number of benzene rings is 2. The van der Waals surface area contributed by atoms with Gasteiger partial charge in [-0.3, -0.25) is 4.79 Å². The third-order valence-electron chi connectivity index (χ3n) is 2.65. The van der Waals surface area contributed by atoms with E-state index in [4.69, 9.17) is 0 Å². The summed E-state index contributed by atoms with van der Waals surface area (Å²) < 4.78 is 0. The van der Waals surface area contributed by atoms with Crippen LogP contribution in [0.5, 0.6) is 0 Å². The van der Waals surface area contributed by atoms with Gasteiger partial charge >= 0.3 is 0 Å². The van der Waals surface area contributed by atoms with Crippen molar-refractivity contribution in [2.75, 3.05) is 0 Å². The second kappa shape index (κ2) is 3.42. The molecular formula is C14H9NO. The molecule has 0 fully saturated rings. The summed E-state index contributed by atoms with van der Waals surface area (Å²) in [5.74, 6) is -0.166. The molecule has 0 unspecified atom stereocenters. The zero-order valence-electron chi connectivity index (χ0n) is 8.55. The molecule has 3 rings (SSSR count). The van der Waals surface area contributed by atoms with Gasteiger partial charge in [-0.25, -0.2) is 4.99 Å². The smallest absolute Gasteiger partial charge is 0.267 e. The molecular weight excluding hydrogens is 198 g/mol. The molecule has 0 N–H and O–H groups in total. The summed E-state index contributed by atoms with van der Waals surface area (Å²) in [5.41, 5.74) is 2.23. The lowest BCUT2D eigenvalue weighted by molar-refractivity contribution is -0.112. The lowest BCUT2D eigenvalue weighted by Gasteiger charge is -1.99. The molecule has 0 radical (unpaired) electrons. The standard InChI is InChI=1S/C14H9NO/c16-14-9-12-7-6-11(8-13(12)15-14)10-4-2-1-3-5-10/h1-9H. The van der Waals surface area contributed by atoms with Gasteiger partial charge in [0, 0.05) is 11.3 Å². The number of hydrogen-bond donors (Lipinski definition) is 0. The SMILES string of the molecule is O=C1C=c2ccc(-c3ccccc3)cc2=N1. The summed E-state index contributed by atoms with van der Waals surface area (Å²) in [7, 11) is 0. The van der Waals surface area contributed by atoms with Gasteiger partial charge in [-0.1, -0.05) is 42.5 Å². The van der Waals surface area contributed by atoms with Crippen LogP contribution in [0.2, 0.25) is 0 Å². The van der Waals surface area contributed by atoms with Gasteiger partial charge in [0.05, 0.1) is 5.36 Å².